The molecule has 1 aromatic carbocycles. The van der Waals surface area contributed by atoms with Gasteiger partial charge in [-0.1, -0.05) is 31.0 Å². The molecule has 1 aliphatic heterocycles. The molecule has 2 fully saturated rings. The van der Waals surface area contributed by atoms with E-state index in [1.807, 2.05) is 30.3 Å². The van der Waals surface area contributed by atoms with Crippen LogP contribution in [0.5, 0.6) is 0 Å². The number of hydrogen-bond acceptors (Lipinski definition) is 5. The highest BCUT2D eigenvalue weighted by molar-refractivity contribution is 7.99. The lowest BCUT2D eigenvalue weighted by atomic mass is 9.84. The van der Waals surface area contributed by atoms with Crippen LogP contribution in [0.2, 0.25) is 0 Å². The molecule has 1 heterocycles. The minimum absolute atomic E-state index is 0.0522. The summed E-state index contributed by atoms with van der Waals surface area (Å²) < 4.78 is 0. The molecule has 8 heteroatoms. The second kappa shape index (κ2) is 9.63. The Bertz CT molecular complexity index is 744. The van der Waals surface area contributed by atoms with E-state index in [4.69, 9.17) is 0 Å². The van der Waals surface area contributed by atoms with Crippen LogP contribution in [0, 0.1) is 5.92 Å². The molecule has 1 saturated carbocycles. The highest BCUT2D eigenvalue weighted by Gasteiger charge is 2.48. The molecular formula is C21H28N2O5S. The van der Waals surface area contributed by atoms with Gasteiger partial charge in [-0.05, 0) is 44.2 Å². The Morgan fingerprint density at radius 3 is 2.52 bits per heavy atom. The van der Waals surface area contributed by atoms with Crippen molar-refractivity contribution in [3.8, 4) is 0 Å². The van der Waals surface area contributed by atoms with Crippen molar-refractivity contribution in [3.05, 3.63) is 30.3 Å². The van der Waals surface area contributed by atoms with Crippen LogP contribution in [0.1, 0.15) is 39.0 Å². The molecule has 3 N–H and O–H groups in total. The topological polar surface area (TPSA) is 107 Å². The largest absolute Gasteiger partial charge is 0.480 e. The molecular weight excluding hydrogens is 392 g/mol. The van der Waals surface area contributed by atoms with Gasteiger partial charge < -0.3 is 15.1 Å². The van der Waals surface area contributed by atoms with E-state index in [1.165, 1.54) is 16.7 Å². The second-order valence-corrected chi connectivity index (χ2v) is 8.94. The summed E-state index contributed by atoms with van der Waals surface area (Å²) in [4.78, 5) is 39.1. The summed E-state index contributed by atoms with van der Waals surface area (Å²) in [7, 11) is 0. The Morgan fingerprint density at radius 1 is 1.17 bits per heavy atom. The number of amides is 1. The number of thioether (sulfide) groups is 1. The van der Waals surface area contributed by atoms with Gasteiger partial charge >= 0.3 is 11.9 Å². The van der Waals surface area contributed by atoms with Gasteiger partial charge in [-0.3, -0.25) is 14.9 Å². The number of carbonyl (C=O) groups excluding carboxylic acids is 1. The Balaban J connectivity index is 1.66. The third kappa shape index (κ3) is 5.11. The quantitative estimate of drug-likeness (QED) is 0.555. The van der Waals surface area contributed by atoms with Crippen LogP contribution in [0.15, 0.2) is 35.2 Å². The third-order valence-electron chi connectivity index (χ3n) is 5.91. The molecule has 0 spiro atoms. The first kappa shape index (κ1) is 21.6. The Morgan fingerprint density at radius 2 is 1.86 bits per heavy atom. The van der Waals surface area contributed by atoms with Gasteiger partial charge in [0, 0.05) is 16.7 Å². The van der Waals surface area contributed by atoms with Crippen molar-refractivity contribution >= 4 is 29.6 Å². The third-order valence-corrected chi connectivity index (χ3v) is 7.01. The molecule has 158 valence electrons. The monoisotopic (exact) mass is 420 g/mol. The molecule has 5 atom stereocenters. The van der Waals surface area contributed by atoms with Gasteiger partial charge in [0.2, 0.25) is 5.91 Å². The summed E-state index contributed by atoms with van der Waals surface area (Å²) in [5.74, 6) is -1.83. The van der Waals surface area contributed by atoms with E-state index in [-0.39, 0.29) is 23.6 Å². The van der Waals surface area contributed by atoms with Gasteiger partial charge in [0.1, 0.15) is 12.1 Å². The fourth-order valence-corrected chi connectivity index (χ4v) is 5.43. The maximum absolute atomic E-state index is 13.1. The summed E-state index contributed by atoms with van der Waals surface area (Å²) in [6, 6.07) is 6.93. The lowest BCUT2D eigenvalue weighted by Gasteiger charge is -2.35. The first-order chi connectivity index (χ1) is 13.9. The first-order valence-electron chi connectivity index (χ1n) is 10.1. The Hall–Kier alpha value is -2.06. The van der Waals surface area contributed by atoms with E-state index in [1.54, 1.807) is 6.92 Å². The van der Waals surface area contributed by atoms with E-state index in [0.29, 0.717) is 6.42 Å². The SMILES string of the molecule is C[C@H](N[C@@H](CSc1ccccc1)C(=O)O)C(=O)N1[C@H](C(=O)O)C[C@H]2CCCC[C@@H]21. The number of fused-ring (bicyclic) bond motifs is 1. The maximum Gasteiger partial charge on any atom is 0.326 e. The van der Waals surface area contributed by atoms with Crippen molar-refractivity contribution in [2.24, 2.45) is 5.92 Å². The normalized spacial score (nSPS) is 25.8. The van der Waals surface area contributed by atoms with E-state index in [0.717, 1.165) is 30.6 Å². The van der Waals surface area contributed by atoms with Crippen LogP contribution in [0.3, 0.4) is 0 Å². The average Bonchev–Trinajstić information content (AvgIpc) is 3.10. The zero-order valence-electron chi connectivity index (χ0n) is 16.5. The van der Waals surface area contributed by atoms with E-state index in [2.05, 4.69) is 5.32 Å². The van der Waals surface area contributed by atoms with Crippen molar-refractivity contribution in [1.29, 1.82) is 0 Å². The van der Waals surface area contributed by atoms with Crippen molar-refractivity contribution in [3.63, 3.8) is 0 Å². The first-order valence-corrected chi connectivity index (χ1v) is 11.1. The number of rotatable bonds is 8. The van der Waals surface area contributed by atoms with Crippen LogP contribution in [-0.4, -0.2) is 62.9 Å². The van der Waals surface area contributed by atoms with E-state index < -0.39 is 30.1 Å². The summed E-state index contributed by atoms with van der Waals surface area (Å²) >= 11 is 1.40. The molecule has 1 saturated heterocycles. The lowest BCUT2D eigenvalue weighted by molar-refractivity contribution is -0.151. The number of nitrogens with one attached hydrogen (secondary N) is 1. The summed E-state index contributed by atoms with van der Waals surface area (Å²) in [5, 5.41) is 22.1. The molecule has 1 aromatic rings. The standard InChI is InChI=1S/C21H28N2O5S/c1-13(22-16(20(25)26)12-29-15-8-3-2-4-9-15)19(24)23-17-10-6-5-7-14(17)11-18(23)21(27)28/h2-4,8-9,13-14,16-18,22H,5-7,10-12H2,1H3,(H,25,26)(H,27,28)/t13-,14+,16-,17-,18-/m0/s1. The number of carbonyl (C=O) groups is 3. The maximum atomic E-state index is 13.1. The van der Waals surface area contributed by atoms with Crippen LogP contribution in [0.25, 0.3) is 0 Å². The molecule has 3 rings (SSSR count). The number of carboxylic acid groups (broad SMARTS) is 2. The van der Waals surface area contributed by atoms with Gasteiger partial charge in [0.25, 0.3) is 0 Å². The molecule has 7 nitrogen and oxygen atoms in total. The lowest BCUT2D eigenvalue weighted by Crippen LogP contribution is -2.56. The van der Waals surface area contributed by atoms with E-state index >= 15 is 0 Å². The van der Waals surface area contributed by atoms with Crippen LogP contribution >= 0.6 is 11.8 Å². The van der Waals surface area contributed by atoms with Crippen LogP contribution in [0.4, 0.5) is 0 Å². The smallest absolute Gasteiger partial charge is 0.326 e. The highest BCUT2D eigenvalue weighted by atomic mass is 32.2. The minimum atomic E-state index is -1.03. The molecule has 1 amide bonds. The number of aliphatic carboxylic acids is 2. The van der Waals surface area contributed by atoms with Crippen molar-refractivity contribution < 1.29 is 24.6 Å². The van der Waals surface area contributed by atoms with Gasteiger partial charge in [-0.2, -0.15) is 0 Å². The van der Waals surface area contributed by atoms with Gasteiger partial charge in [0.15, 0.2) is 0 Å². The summed E-state index contributed by atoms with van der Waals surface area (Å²) in [6.45, 7) is 1.63. The summed E-state index contributed by atoms with van der Waals surface area (Å²) in [5.41, 5.74) is 0. The molecule has 0 aromatic heterocycles. The molecule has 29 heavy (non-hydrogen) atoms. The zero-order chi connectivity index (χ0) is 21.0. The molecule has 0 bridgehead atoms. The number of likely N-dealkylation sites (tertiary alicyclic amines) is 1. The predicted octanol–water partition coefficient (Wildman–Crippen LogP) is 2.45. The Kier molecular flexibility index (Phi) is 7.18. The van der Waals surface area contributed by atoms with Gasteiger partial charge in [-0.25, -0.2) is 4.79 Å². The second-order valence-electron chi connectivity index (χ2n) is 7.85. The minimum Gasteiger partial charge on any atom is -0.480 e. The molecule has 0 radical (unpaired) electrons. The van der Waals surface area contributed by atoms with Crippen molar-refractivity contribution in [2.45, 2.75) is 68.1 Å². The van der Waals surface area contributed by atoms with Crippen molar-refractivity contribution in [2.75, 3.05) is 5.75 Å². The number of hydrogen-bond donors (Lipinski definition) is 3. The van der Waals surface area contributed by atoms with E-state index in [9.17, 15) is 24.6 Å². The predicted molar refractivity (Wildman–Crippen MR) is 110 cm³/mol. The van der Waals surface area contributed by atoms with Crippen LogP contribution in [-0.2, 0) is 14.4 Å². The fraction of sp³-hybridized carbons (Fsp3) is 0.571. The molecule has 1 aliphatic carbocycles. The number of carboxylic acids is 2. The zero-order valence-corrected chi connectivity index (χ0v) is 17.3. The number of benzene rings is 1. The Labute approximate surface area is 174 Å². The number of nitrogens with zero attached hydrogens (tertiary/aromatic N) is 1. The van der Waals surface area contributed by atoms with Gasteiger partial charge in [0.05, 0.1) is 6.04 Å². The average molecular weight is 421 g/mol. The molecule has 0 unspecified atom stereocenters. The van der Waals surface area contributed by atoms with Crippen molar-refractivity contribution in [1.82, 2.24) is 10.2 Å². The van der Waals surface area contributed by atoms with Gasteiger partial charge in [-0.15, -0.1) is 11.8 Å². The highest BCUT2D eigenvalue weighted by Crippen LogP contribution is 2.40. The summed E-state index contributed by atoms with van der Waals surface area (Å²) in [6.07, 6.45) is 4.32. The molecule has 2 aliphatic rings. The van der Waals surface area contributed by atoms with Crippen LogP contribution < -0.4 is 5.32 Å². The fourth-order valence-electron chi connectivity index (χ4n) is 4.48.